The zero-order valence-electron chi connectivity index (χ0n) is 14.0. The topological polar surface area (TPSA) is 62.7 Å². The number of nitrogens with two attached hydrogens (primary N) is 1. The number of amides is 1. The van der Waals surface area contributed by atoms with Crippen LogP contribution in [-0.4, -0.2) is 47.8 Å². The molecule has 6 heteroatoms. The highest BCUT2D eigenvalue weighted by Crippen LogP contribution is 2.47. The number of rotatable bonds is 4. The third kappa shape index (κ3) is 2.60. The summed E-state index contributed by atoms with van der Waals surface area (Å²) in [5.41, 5.74) is 9.34. The molecule has 1 aromatic carbocycles. The number of nitrogens with zero attached hydrogens (tertiary/aromatic N) is 2. The fourth-order valence-corrected chi connectivity index (χ4v) is 4.94. The summed E-state index contributed by atoms with van der Waals surface area (Å²) >= 11 is 1.78. The third-order valence-electron chi connectivity index (χ3n) is 5.64. The fraction of sp³-hybridized carbons (Fsp3) is 0.421. The summed E-state index contributed by atoms with van der Waals surface area (Å²) in [5.74, 6) is 0.272. The first-order chi connectivity index (χ1) is 12.2. The Morgan fingerprint density at radius 2 is 1.92 bits per heavy atom. The van der Waals surface area contributed by atoms with E-state index in [0.29, 0.717) is 6.54 Å². The van der Waals surface area contributed by atoms with Crippen molar-refractivity contribution in [3.63, 3.8) is 0 Å². The molecule has 0 atom stereocenters. The zero-order valence-corrected chi connectivity index (χ0v) is 14.8. The van der Waals surface area contributed by atoms with Crippen molar-refractivity contribution in [1.82, 2.24) is 9.21 Å². The van der Waals surface area contributed by atoms with Crippen LogP contribution in [0.3, 0.4) is 0 Å². The first kappa shape index (κ1) is 15.5. The minimum absolute atomic E-state index is 0.228. The van der Waals surface area contributed by atoms with Gasteiger partial charge >= 0.3 is 0 Å². The van der Waals surface area contributed by atoms with E-state index in [-0.39, 0.29) is 11.3 Å². The first-order valence-corrected chi connectivity index (χ1v) is 9.54. The fourth-order valence-electron chi connectivity index (χ4n) is 3.90. The van der Waals surface area contributed by atoms with Gasteiger partial charge in [0.2, 0.25) is 5.91 Å². The normalized spacial score (nSPS) is 22.0. The predicted octanol–water partition coefficient (Wildman–Crippen LogP) is 2.63. The molecule has 0 saturated heterocycles. The van der Waals surface area contributed by atoms with Gasteiger partial charge in [0.1, 0.15) is 5.58 Å². The lowest BCUT2D eigenvalue weighted by Gasteiger charge is -2.25. The maximum Gasteiger partial charge on any atom is 0.230 e. The van der Waals surface area contributed by atoms with Crippen molar-refractivity contribution in [3.8, 4) is 0 Å². The van der Waals surface area contributed by atoms with E-state index in [0.717, 1.165) is 50.0 Å². The monoisotopic (exact) mass is 355 g/mol. The summed E-state index contributed by atoms with van der Waals surface area (Å²) < 4.78 is 7.78. The van der Waals surface area contributed by atoms with Gasteiger partial charge < -0.3 is 15.1 Å². The largest absolute Gasteiger partial charge is 0.464 e. The van der Waals surface area contributed by atoms with Crippen molar-refractivity contribution in [2.45, 2.75) is 17.7 Å². The van der Waals surface area contributed by atoms with Gasteiger partial charge in [0.15, 0.2) is 0 Å². The highest BCUT2D eigenvalue weighted by atomic mass is 32.2. The van der Waals surface area contributed by atoms with Gasteiger partial charge in [0.05, 0.1) is 11.7 Å². The van der Waals surface area contributed by atoms with Gasteiger partial charge in [0, 0.05) is 43.0 Å². The SMILES string of the molecule is NCC1(C(=O)N2CC3=C(CN(Sc4ccc5occc5c4)C3)C2)CC1. The van der Waals surface area contributed by atoms with Gasteiger partial charge in [-0.2, -0.15) is 0 Å². The molecule has 5 rings (SSSR count). The van der Waals surface area contributed by atoms with E-state index in [2.05, 4.69) is 16.4 Å². The second kappa shape index (κ2) is 5.62. The summed E-state index contributed by atoms with van der Waals surface area (Å²) in [7, 11) is 0. The maximum absolute atomic E-state index is 12.7. The Bertz CT molecular complexity index is 866. The number of carbonyl (C=O) groups excluding carboxylic acids is 1. The summed E-state index contributed by atoms with van der Waals surface area (Å²) in [4.78, 5) is 15.9. The van der Waals surface area contributed by atoms with E-state index in [4.69, 9.17) is 10.2 Å². The number of hydrogen-bond donors (Lipinski definition) is 1. The van der Waals surface area contributed by atoms with Gasteiger partial charge in [-0.15, -0.1) is 0 Å². The molecular formula is C19H21N3O2S. The van der Waals surface area contributed by atoms with E-state index < -0.39 is 0 Å². The molecule has 25 heavy (non-hydrogen) atoms. The Kier molecular flexibility index (Phi) is 3.48. The van der Waals surface area contributed by atoms with Gasteiger partial charge in [-0.25, -0.2) is 4.31 Å². The molecule has 1 aromatic heterocycles. The van der Waals surface area contributed by atoms with Crippen LogP contribution in [0.4, 0.5) is 0 Å². The van der Waals surface area contributed by atoms with Crippen LogP contribution in [0.1, 0.15) is 12.8 Å². The Labute approximate surface area is 150 Å². The van der Waals surface area contributed by atoms with Crippen molar-refractivity contribution < 1.29 is 9.21 Å². The minimum Gasteiger partial charge on any atom is -0.464 e. The van der Waals surface area contributed by atoms with Crippen LogP contribution in [0, 0.1) is 5.41 Å². The Morgan fingerprint density at radius 3 is 2.60 bits per heavy atom. The molecule has 2 aliphatic heterocycles. The molecule has 1 fully saturated rings. The van der Waals surface area contributed by atoms with Crippen LogP contribution in [0.5, 0.6) is 0 Å². The minimum atomic E-state index is -0.228. The van der Waals surface area contributed by atoms with E-state index >= 15 is 0 Å². The molecule has 2 aromatic rings. The van der Waals surface area contributed by atoms with E-state index in [1.165, 1.54) is 16.0 Å². The van der Waals surface area contributed by atoms with Crippen LogP contribution in [0.15, 0.2) is 51.0 Å². The molecule has 2 N–H and O–H groups in total. The highest BCUT2D eigenvalue weighted by molar-refractivity contribution is 7.97. The van der Waals surface area contributed by atoms with Gasteiger partial charge in [-0.1, -0.05) is 0 Å². The Hall–Kier alpha value is -1.76. The van der Waals surface area contributed by atoms with Crippen molar-refractivity contribution in [2.75, 3.05) is 32.7 Å². The van der Waals surface area contributed by atoms with Crippen molar-refractivity contribution in [3.05, 3.63) is 41.7 Å². The van der Waals surface area contributed by atoms with E-state index in [9.17, 15) is 4.79 Å². The van der Waals surface area contributed by atoms with Crippen LogP contribution >= 0.6 is 11.9 Å². The van der Waals surface area contributed by atoms with Gasteiger partial charge in [0.25, 0.3) is 0 Å². The summed E-state index contributed by atoms with van der Waals surface area (Å²) in [5, 5.41) is 1.14. The summed E-state index contributed by atoms with van der Waals surface area (Å²) in [6.07, 6.45) is 3.65. The van der Waals surface area contributed by atoms with Crippen LogP contribution < -0.4 is 5.73 Å². The lowest BCUT2D eigenvalue weighted by molar-refractivity contribution is -0.135. The average molecular weight is 355 g/mol. The smallest absolute Gasteiger partial charge is 0.230 e. The molecular weight excluding hydrogens is 334 g/mol. The maximum atomic E-state index is 12.7. The van der Waals surface area contributed by atoms with E-state index in [1.54, 1.807) is 18.2 Å². The van der Waals surface area contributed by atoms with Gasteiger partial charge in [-0.05, 0) is 60.2 Å². The standard InChI is InChI=1S/C19H21N3O2S/c20-12-19(4-5-19)18(23)21-8-14-10-22(11-15(14)9-21)25-16-1-2-17-13(7-16)3-6-24-17/h1-3,6-7H,4-5,8-12,20H2. The molecule has 130 valence electrons. The number of fused-ring (bicyclic) bond motifs is 1. The number of benzene rings is 1. The average Bonchev–Trinajstić information content (AvgIpc) is 2.91. The van der Waals surface area contributed by atoms with Crippen LogP contribution in [0.2, 0.25) is 0 Å². The highest BCUT2D eigenvalue weighted by Gasteiger charge is 2.51. The molecule has 0 bridgehead atoms. The van der Waals surface area contributed by atoms with Gasteiger partial charge in [-0.3, -0.25) is 4.79 Å². The third-order valence-corrected chi connectivity index (χ3v) is 6.62. The molecule has 3 aliphatic rings. The summed E-state index contributed by atoms with van der Waals surface area (Å²) in [6.45, 7) is 3.93. The van der Waals surface area contributed by atoms with Crippen LogP contribution in [-0.2, 0) is 4.79 Å². The zero-order chi connectivity index (χ0) is 17.0. The second-order valence-corrected chi connectivity index (χ2v) is 8.53. The molecule has 0 unspecified atom stereocenters. The number of carbonyl (C=O) groups is 1. The molecule has 1 amide bonds. The summed E-state index contributed by atoms with van der Waals surface area (Å²) in [6, 6.07) is 8.29. The number of hydrogen-bond acceptors (Lipinski definition) is 5. The number of furan rings is 1. The Balaban J connectivity index is 1.22. The predicted molar refractivity (Wildman–Crippen MR) is 98.0 cm³/mol. The lowest BCUT2D eigenvalue weighted by atomic mass is 10.1. The van der Waals surface area contributed by atoms with Crippen LogP contribution in [0.25, 0.3) is 11.0 Å². The van der Waals surface area contributed by atoms with Crippen molar-refractivity contribution in [2.24, 2.45) is 11.1 Å². The molecule has 0 radical (unpaired) electrons. The molecule has 0 spiro atoms. The molecule has 1 aliphatic carbocycles. The van der Waals surface area contributed by atoms with E-state index in [1.807, 2.05) is 17.0 Å². The molecule has 5 nitrogen and oxygen atoms in total. The first-order valence-electron chi connectivity index (χ1n) is 8.76. The second-order valence-electron chi connectivity index (χ2n) is 7.36. The molecule has 1 saturated carbocycles. The Morgan fingerprint density at radius 1 is 1.16 bits per heavy atom. The quantitative estimate of drug-likeness (QED) is 0.675. The lowest BCUT2D eigenvalue weighted by Crippen LogP contribution is -2.40. The molecule has 3 heterocycles. The van der Waals surface area contributed by atoms with Crippen molar-refractivity contribution in [1.29, 1.82) is 0 Å². The van der Waals surface area contributed by atoms with Crippen molar-refractivity contribution >= 4 is 28.8 Å².